The molecule has 0 aliphatic carbocycles. The van der Waals surface area contributed by atoms with Crippen molar-refractivity contribution in [3.63, 3.8) is 0 Å². The Morgan fingerprint density at radius 2 is 2.36 bits per heavy atom. The van der Waals surface area contributed by atoms with Crippen LogP contribution in [0.5, 0.6) is 0 Å². The Hall–Kier alpha value is -1.31. The van der Waals surface area contributed by atoms with Crippen LogP contribution in [0, 0.1) is 0 Å². The number of hydrogen-bond donors (Lipinski definition) is 0. The van der Waals surface area contributed by atoms with Gasteiger partial charge in [-0.3, -0.25) is 4.68 Å². The van der Waals surface area contributed by atoms with Crippen LogP contribution in [0.1, 0.15) is 18.2 Å². The summed E-state index contributed by atoms with van der Waals surface area (Å²) in [5.74, 6) is 0. The molecular formula is C9H12N2. The third-order valence-corrected chi connectivity index (χ3v) is 1.56. The van der Waals surface area contributed by atoms with Crippen LogP contribution in [0.15, 0.2) is 18.9 Å². The molecule has 0 aromatic carbocycles. The number of aromatic nitrogens is 2. The SMILES string of the molecule is C=Cc1cnn(C)c1/C=C\C. The lowest BCUT2D eigenvalue weighted by Gasteiger charge is -1.94. The fourth-order valence-corrected chi connectivity index (χ4v) is 0.983. The van der Waals surface area contributed by atoms with E-state index >= 15 is 0 Å². The first-order chi connectivity index (χ1) is 5.29. The monoisotopic (exact) mass is 148 g/mol. The second-order valence-corrected chi connectivity index (χ2v) is 2.31. The van der Waals surface area contributed by atoms with Crippen molar-refractivity contribution in [1.82, 2.24) is 9.78 Å². The summed E-state index contributed by atoms with van der Waals surface area (Å²) in [6.07, 6.45) is 7.62. The number of rotatable bonds is 2. The summed E-state index contributed by atoms with van der Waals surface area (Å²) in [4.78, 5) is 0. The molecular weight excluding hydrogens is 136 g/mol. The molecule has 0 fully saturated rings. The van der Waals surface area contributed by atoms with Gasteiger partial charge in [0.15, 0.2) is 0 Å². The van der Waals surface area contributed by atoms with Crippen molar-refractivity contribution in [2.24, 2.45) is 7.05 Å². The minimum Gasteiger partial charge on any atom is -0.268 e. The number of nitrogens with zero attached hydrogens (tertiary/aromatic N) is 2. The van der Waals surface area contributed by atoms with Crippen molar-refractivity contribution in [2.45, 2.75) is 6.92 Å². The molecule has 0 bridgehead atoms. The normalized spacial score (nSPS) is 10.7. The van der Waals surface area contributed by atoms with Gasteiger partial charge in [-0.15, -0.1) is 0 Å². The van der Waals surface area contributed by atoms with Gasteiger partial charge >= 0.3 is 0 Å². The lowest BCUT2D eigenvalue weighted by Crippen LogP contribution is -1.92. The highest BCUT2D eigenvalue weighted by Crippen LogP contribution is 2.09. The van der Waals surface area contributed by atoms with Crippen LogP contribution in [0.2, 0.25) is 0 Å². The first kappa shape index (κ1) is 7.79. The molecule has 0 amide bonds. The molecule has 0 saturated heterocycles. The van der Waals surface area contributed by atoms with Gasteiger partial charge < -0.3 is 0 Å². The van der Waals surface area contributed by atoms with E-state index in [0.717, 1.165) is 11.3 Å². The summed E-state index contributed by atoms with van der Waals surface area (Å²) in [5, 5.41) is 4.10. The highest BCUT2D eigenvalue weighted by molar-refractivity contribution is 5.60. The van der Waals surface area contributed by atoms with Gasteiger partial charge in [0.05, 0.1) is 11.9 Å². The largest absolute Gasteiger partial charge is 0.268 e. The summed E-state index contributed by atoms with van der Waals surface area (Å²) in [6.45, 7) is 5.69. The van der Waals surface area contributed by atoms with E-state index < -0.39 is 0 Å². The van der Waals surface area contributed by atoms with Gasteiger partial charge in [0.1, 0.15) is 0 Å². The molecule has 0 aliphatic rings. The second-order valence-electron chi connectivity index (χ2n) is 2.31. The Morgan fingerprint density at radius 3 is 2.91 bits per heavy atom. The van der Waals surface area contributed by atoms with E-state index in [0.29, 0.717) is 0 Å². The van der Waals surface area contributed by atoms with Gasteiger partial charge in [-0.1, -0.05) is 18.7 Å². The number of aryl methyl sites for hydroxylation is 1. The standard InChI is InChI=1S/C9H12N2/c1-4-6-9-8(5-2)7-10-11(9)3/h4-7H,2H2,1,3H3/b6-4-. The molecule has 2 nitrogen and oxygen atoms in total. The molecule has 2 heteroatoms. The molecule has 1 heterocycles. The minimum atomic E-state index is 1.07. The maximum atomic E-state index is 4.10. The van der Waals surface area contributed by atoms with E-state index in [2.05, 4.69) is 11.7 Å². The Morgan fingerprint density at radius 1 is 1.64 bits per heavy atom. The molecule has 0 atom stereocenters. The summed E-state index contributed by atoms with van der Waals surface area (Å²) in [7, 11) is 1.92. The molecule has 0 saturated carbocycles. The van der Waals surface area contributed by atoms with Crippen molar-refractivity contribution >= 4 is 12.2 Å². The van der Waals surface area contributed by atoms with E-state index in [4.69, 9.17) is 0 Å². The summed E-state index contributed by atoms with van der Waals surface area (Å²) >= 11 is 0. The zero-order valence-corrected chi connectivity index (χ0v) is 6.91. The van der Waals surface area contributed by atoms with Gasteiger partial charge in [0, 0.05) is 12.6 Å². The average molecular weight is 148 g/mol. The smallest absolute Gasteiger partial charge is 0.0675 e. The van der Waals surface area contributed by atoms with Crippen LogP contribution in [-0.4, -0.2) is 9.78 Å². The average Bonchev–Trinajstić information content (AvgIpc) is 2.34. The molecule has 1 rings (SSSR count). The Labute approximate surface area is 66.8 Å². The minimum absolute atomic E-state index is 1.07. The predicted molar refractivity (Wildman–Crippen MR) is 48.0 cm³/mol. The molecule has 11 heavy (non-hydrogen) atoms. The molecule has 0 radical (unpaired) electrons. The maximum absolute atomic E-state index is 4.10. The van der Waals surface area contributed by atoms with Gasteiger partial charge in [-0.05, 0) is 13.0 Å². The van der Waals surface area contributed by atoms with Crippen LogP contribution >= 0.6 is 0 Å². The Bertz CT molecular complexity index is 282. The van der Waals surface area contributed by atoms with Crippen molar-refractivity contribution < 1.29 is 0 Å². The quantitative estimate of drug-likeness (QED) is 0.628. The van der Waals surface area contributed by atoms with Crippen LogP contribution in [0.25, 0.3) is 12.2 Å². The zero-order chi connectivity index (χ0) is 8.27. The van der Waals surface area contributed by atoms with E-state index in [1.165, 1.54) is 0 Å². The maximum Gasteiger partial charge on any atom is 0.0675 e. The highest BCUT2D eigenvalue weighted by atomic mass is 15.3. The highest BCUT2D eigenvalue weighted by Gasteiger charge is 1.99. The lowest BCUT2D eigenvalue weighted by atomic mass is 10.2. The third kappa shape index (κ3) is 1.40. The third-order valence-electron chi connectivity index (χ3n) is 1.56. The van der Waals surface area contributed by atoms with Gasteiger partial charge in [0.25, 0.3) is 0 Å². The molecule has 0 N–H and O–H groups in total. The van der Waals surface area contributed by atoms with E-state index in [-0.39, 0.29) is 0 Å². The number of allylic oxidation sites excluding steroid dienone is 1. The van der Waals surface area contributed by atoms with E-state index in [1.807, 2.05) is 43.1 Å². The van der Waals surface area contributed by atoms with Crippen molar-refractivity contribution in [1.29, 1.82) is 0 Å². The van der Waals surface area contributed by atoms with Crippen LogP contribution in [-0.2, 0) is 7.05 Å². The molecule has 58 valence electrons. The van der Waals surface area contributed by atoms with Crippen LogP contribution in [0.4, 0.5) is 0 Å². The first-order valence-corrected chi connectivity index (χ1v) is 3.56. The van der Waals surface area contributed by atoms with Gasteiger partial charge in [0.2, 0.25) is 0 Å². The lowest BCUT2D eigenvalue weighted by molar-refractivity contribution is 0.759. The van der Waals surface area contributed by atoms with Crippen LogP contribution < -0.4 is 0 Å². The molecule has 0 unspecified atom stereocenters. The van der Waals surface area contributed by atoms with Crippen molar-refractivity contribution in [3.05, 3.63) is 30.1 Å². The summed E-state index contributed by atoms with van der Waals surface area (Å²) in [5.41, 5.74) is 2.17. The molecule has 1 aromatic heterocycles. The summed E-state index contributed by atoms with van der Waals surface area (Å²) < 4.78 is 1.83. The van der Waals surface area contributed by atoms with Crippen LogP contribution in [0.3, 0.4) is 0 Å². The Kier molecular flexibility index (Phi) is 2.26. The van der Waals surface area contributed by atoms with Crippen molar-refractivity contribution in [3.8, 4) is 0 Å². The Balaban J connectivity index is 3.17. The molecule has 1 aromatic rings. The fraction of sp³-hybridized carbons (Fsp3) is 0.222. The van der Waals surface area contributed by atoms with Crippen molar-refractivity contribution in [2.75, 3.05) is 0 Å². The first-order valence-electron chi connectivity index (χ1n) is 3.56. The number of hydrogen-bond acceptors (Lipinski definition) is 1. The second kappa shape index (κ2) is 3.19. The fourth-order valence-electron chi connectivity index (χ4n) is 0.983. The van der Waals surface area contributed by atoms with Gasteiger partial charge in [-0.2, -0.15) is 5.10 Å². The zero-order valence-electron chi connectivity index (χ0n) is 6.91. The molecule has 0 spiro atoms. The topological polar surface area (TPSA) is 17.8 Å². The summed E-state index contributed by atoms with van der Waals surface area (Å²) in [6, 6.07) is 0. The van der Waals surface area contributed by atoms with Gasteiger partial charge in [-0.25, -0.2) is 0 Å². The predicted octanol–water partition coefficient (Wildman–Crippen LogP) is 2.10. The molecule has 0 aliphatic heterocycles. The van der Waals surface area contributed by atoms with E-state index in [9.17, 15) is 0 Å². The van der Waals surface area contributed by atoms with E-state index in [1.54, 1.807) is 0 Å².